The molecule has 4 nitrogen and oxygen atoms in total. The van der Waals surface area contributed by atoms with E-state index in [1.54, 1.807) is 6.07 Å². The molecule has 0 aliphatic rings. The van der Waals surface area contributed by atoms with Gasteiger partial charge in [0.25, 0.3) is 0 Å². The molecular formula is C12H18N2O2. The molecule has 0 unspecified atom stereocenters. The number of benzene rings is 1. The van der Waals surface area contributed by atoms with E-state index in [0.717, 1.165) is 17.9 Å². The van der Waals surface area contributed by atoms with Gasteiger partial charge in [0.1, 0.15) is 12.4 Å². The topological polar surface area (TPSA) is 64.3 Å². The van der Waals surface area contributed by atoms with Gasteiger partial charge in [-0.2, -0.15) is 0 Å². The van der Waals surface area contributed by atoms with Gasteiger partial charge in [0.05, 0.1) is 0 Å². The van der Waals surface area contributed by atoms with E-state index in [1.165, 1.54) is 0 Å². The van der Waals surface area contributed by atoms with Crippen LogP contribution in [0.25, 0.3) is 0 Å². The summed E-state index contributed by atoms with van der Waals surface area (Å²) in [5.74, 6) is 0.748. The quantitative estimate of drug-likeness (QED) is 0.771. The number of amides is 1. The summed E-state index contributed by atoms with van der Waals surface area (Å²) < 4.78 is 5.36. The van der Waals surface area contributed by atoms with Gasteiger partial charge in [-0.3, -0.25) is 4.79 Å². The fraction of sp³-hybridized carbons (Fsp3) is 0.417. The maximum Gasteiger partial charge on any atom is 0.224 e. The maximum absolute atomic E-state index is 11.4. The summed E-state index contributed by atoms with van der Waals surface area (Å²) in [6, 6.07) is 7.31. The molecule has 0 bridgehead atoms. The zero-order valence-corrected chi connectivity index (χ0v) is 9.53. The average molecular weight is 222 g/mol. The van der Waals surface area contributed by atoms with Crippen molar-refractivity contribution in [2.24, 2.45) is 5.73 Å². The lowest BCUT2D eigenvalue weighted by Gasteiger charge is -2.08. The minimum absolute atomic E-state index is 0.0264. The summed E-state index contributed by atoms with van der Waals surface area (Å²) >= 11 is 0. The number of carbonyl (C=O) groups is 1. The van der Waals surface area contributed by atoms with Crippen molar-refractivity contribution in [3.8, 4) is 5.75 Å². The second-order valence-corrected chi connectivity index (χ2v) is 3.46. The molecule has 0 saturated carbocycles. The minimum atomic E-state index is 0.0264. The van der Waals surface area contributed by atoms with E-state index in [4.69, 9.17) is 10.5 Å². The Balaban J connectivity index is 2.56. The van der Waals surface area contributed by atoms with Crippen LogP contribution in [0, 0.1) is 0 Å². The molecule has 0 atom stereocenters. The van der Waals surface area contributed by atoms with Gasteiger partial charge in [-0.1, -0.05) is 13.0 Å². The van der Waals surface area contributed by atoms with Gasteiger partial charge in [0.2, 0.25) is 5.91 Å². The van der Waals surface area contributed by atoms with Crippen LogP contribution in [0.1, 0.15) is 19.8 Å². The second-order valence-electron chi connectivity index (χ2n) is 3.46. The first-order valence-electron chi connectivity index (χ1n) is 5.49. The molecule has 0 spiro atoms. The van der Waals surface area contributed by atoms with Crippen LogP contribution in [-0.2, 0) is 4.79 Å². The van der Waals surface area contributed by atoms with Crippen molar-refractivity contribution in [2.75, 3.05) is 18.5 Å². The lowest BCUT2D eigenvalue weighted by Crippen LogP contribution is -2.12. The highest BCUT2D eigenvalue weighted by Crippen LogP contribution is 2.17. The number of carbonyl (C=O) groups excluding carboxylic acids is 1. The van der Waals surface area contributed by atoms with Gasteiger partial charge in [-0.25, -0.2) is 0 Å². The van der Waals surface area contributed by atoms with E-state index >= 15 is 0 Å². The fourth-order valence-corrected chi connectivity index (χ4v) is 1.29. The third-order valence-corrected chi connectivity index (χ3v) is 1.98. The Morgan fingerprint density at radius 2 is 2.31 bits per heavy atom. The summed E-state index contributed by atoms with van der Waals surface area (Å²) in [6.45, 7) is 2.93. The number of hydrogen-bond acceptors (Lipinski definition) is 3. The summed E-state index contributed by atoms with van der Waals surface area (Å²) in [5.41, 5.74) is 6.10. The minimum Gasteiger partial charge on any atom is -0.492 e. The molecule has 0 heterocycles. The van der Waals surface area contributed by atoms with Gasteiger partial charge in [0, 0.05) is 24.7 Å². The van der Waals surface area contributed by atoms with Crippen LogP contribution in [0.5, 0.6) is 5.75 Å². The maximum atomic E-state index is 11.4. The van der Waals surface area contributed by atoms with Crippen LogP contribution in [0.3, 0.4) is 0 Å². The molecule has 16 heavy (non-hydrogen) atoms. The molecule has 1 aromatic rings. The lowest BCUT2D eigenvalue weighted by molar-refractivity contribution is -0.116. The number of rotatable bonds is 6. The van der Waals surface area contributed by atoms with Crippen molar-refractivity contribution >= 4 is 11.6 Å². The molecule has 0 saturated heterocycles. The van der Waals surface area contributed by atoms with E-state index in [0.29, 0.717) is 19.6 Å². The van der Waals surface area contributed by atoms with Gasteiger partial charge in [-0.15, -0.1) is 0 Å². The smallest absolute Gasteiger partial charge is 0.224 e. The van der Waals surface area contributed by atoms with Gasteiger partial charge in [-0.05, 0) is 18.6 Å². The van der Waals surface area contributed by atoms with Crippen molar-refractivity contribution in [1.29, 1.82) is 0 Å². The molecule has 0 aliphatic heterocycles. The molecule has 88 valence electrons. The largest absolute Gasteiger partial charge is 0.492 e. The predicted octanol–water partition coefficient (Wildman–Crippen LogP) is 1.76. The zero-order chi connectivity index (χ0) is 11.8. The SMILES string of the molecule is CCCC(=O)Nc1cccc(OCCN)c1. The summed E-state index contributed by atoms with van der Waals surface area (Å²) in [5, 5.41) is 2.81. The Morgan fingerprint density at radius 3 is 3.00 bits per heavy atom. The Labute approximate surface area is 95.8 Å². The van der Waals surface area contributed by atoms with Gasteiger partial charge < -0.3 is 15.8 Å². The fourth-order valence-electron chi connectivity index (χ4n) is 1.29. The van der Waals surface area contributed by atoms with Crippen LogP contribution in [0.4, 0.5) is 5.69 Å². The molecule has 0 radical (unpaired) electrons. The van der Waals surface area contributed by atoms with Crippen molar-refractivity contribution in [3.63, 3.8) is 0 Å². The number of nitrogens with one attached hydrogen (secondary N) is 1. The molecule has 0 aromatic heterocycles. The summed E-state index contributed by atoms with van der Waals surface area (Å²) in [6.07, 6.45) is 1.38. The average Bonchev–Trinajstić information content (AvgIpc) is 2.27. The number of hydrogen-bond donors (Lipinski definition) is 2. The van der Waals surface area contributed by atoms with Gasteiger partial charge >= 0.3 is 0 Å². The third kappa shape index (κ3) is 4.31. The van der Waals surface area contributed by atoms with Crippen molar-refractivity contribution < 1.29 is 9.53 Å². The number of anilines is 1. The van der Waals surface area contributed by atoms with E-state index in [2.05, 4.69) is 5.32 Å². The summed E-state index contributed by atoms with van der Waals surface area (Å²) in [4.78, 5) is 11.4. The van der Waals surface area contributed by atoms with Crippen LogP contribution in [-0.4, -0.2) is 19.1 Å². The number of ether oxygens (including phenoxy) is 1. The Hall–Kier alpha value is -1.55. The molecule has 0 fully saturated rings. The lowest BCUT2D eigenvalue weighted by atomic mass is 10.2. The molecule has 1 rings (SSSR count). The van der Waals surface area contributed by atoms with E-state index in [9.17, 15) is 4.79 Å². The standard InChI is InChI=1S/C12H18N2O2/c1-2-4-12(15)14-10-5-3-6-11(9-10)16-8-7-13/h3,5-6,9H,2,4,7-8,13H2,1H3,(H,14,15). The highest BCUT2D eigenvalue weighted by Gasteiger charge is 2.01. The molecule has 1 aromatic carbocycles. The molecule has 0 aliphatic carbocycles. The molecule has 3 N–H and O–H groups in total. The highest BCUT2D eigenvalue weighted by atomic mass is 16.5. The molecule has 1 amide bonds. The molecule has 4 heteroatoms. The zero-order valence-electron chi connectivity index (χ0n) is 9.53. The highest BCUT2D eigenvalue weighted by molar-refractivity contribution is 5.90. The first kappa shape index (κ1) is 12.5. The van der Waals surface area contributed by atoms with Crippen LogP contribution < -0.4 is 15.8 Å². The van der Waals surface area contributed by atoms with Crippen molar-refractivity contribution in [1.82, 2.24) is 0 Å². The van der Waals surface area contributed by atoms with E-state index < -0.39 is 0 Å². The van der Waals surface area contributed by atoms with Gasteiger partial charge in [0.15, 0.2) is 0 Å². The van der Waals surface area contributed by atoms with Crippen LogP contribution >= 0.6 is 0 Å². The van der Waals surface area contributed by atoms with E-state index in [1.807, 2.05) is 25.1 Å². The first-order chi connectivity index (χ1) is 7.76. The Morgan fingerprint density at radius 1 is 1.50 bits per heavy atom. The Bertz CT molecular complexity index is 340. The third-order valence-electron chi connectivity index (χ3n) is 1.98. The van der Waals surface area contributed by atoms with Crippen molar-refractivity contribution in [2.45, 2.75) is 19.8 Å². The first-order valence-corrected chi connectivity index (χ1v) is 5.49. The normalized spacial score (nSPS) is 9.88. The second kappa shape index (κ2) is 6.85. The summed E-state index contributed by atoms with van der Waals surface area (Å²) in [7, 11) is 0. The van der Waals surface area contributed by atoms with Crippen LogP contribution in [0.2, 0.25) is 0 Å². The molecular weight excluding hydrogens is 204 g/mol. The Kier molecular flexibility index (Phi) is 5.36. The van der Waals surface area contributed by atoms with E-state index in [-0.39, 0.29) is 5.91 Å². The number of nitrogens with two attached hydrogens (primary N) is 1. The predicted molar refractivity (Wildman–Crippen MR) is 64.5 cm³/mol. The van der Waals surface area contributed by atoms with Crippen molar-refractivity contribution in [3.05, 3.63) is 24.3 Å². The van der Waals surface area contributed by atoms with Crippen LogP contribution in [0.15, 0.2) is 24.3 Å². The monoisotopic (exact) mass is 222 g/mol.